The molecule has 4 aromatic rings. The molecule has 4 rings (SSSR count). The Morgan fingerprint density at radius 1 is 1.00 bits per heavy atom. The van der Waals surface area contributed by atoms with Gasteiger partial charge in [0.15, 0.2) is 0 Å². The average molecular weight is 454 g/mol. The van der Waals surface area contributed by atoms with Gasteiger partial charge in [0.05, 0.1) is 22.0 Å². The molecule has 0 bridgehead atoms. The number of rotatable bonds is 7. The molecule has 0 fully saturated rings. The van der Waals surface area contributed by atoms with E-state index in [-0.39, 0.29) is 4.90 Å². The third-order valence-corrected chi connectivity index (χ3v) is 7.03. The van der Waals surface area contributed by atoms with Gasteiger partial charge in [0.2, 0.25) is 10.0 Å². The number of aryl methyl sites for hydroxylation is 1. The first kappa shape index (κ1) is 21.6. The molecule has 0 aliphatic heterocycles. The van der Waals surface area contributed by atoms with Crippen LogP contribution in [-0.2, 0) is 16.6 Å². The predicted molar refractivity (Wildman–Crippen MR) is 125 cm³/mol. The summed E-state index contributed by atoms with van der Waals surface area (Å²) in [6.07, 6.45) is 0.565. The minimum atomic E-state index is -3.69. The number of imidazole rings is 1. The number of benzene rings is 3. The standard InChI is InChI=1S/C24H24ClN3O2S/c1-3-21(27-31(29,30)20-14-8-17(2)9-15-20)24-26-22-6-4-5-7-23(22)28(24)16-18-10-12-19(25)13-11-18/h4-15,21,27H,3,16H2,1-2H3. The third kappa shape index (κ3) is 4.66. The molecular formula is C24H24ClN3O2S. The molecule has 31 heavy (non-hydrogen) atoms. The molecule has 0 aliphatic rings. The van der Waals surface area contributed by atoms with E-state index in [1.807, 2.05) is 62.4 Å². The second-order valence-electron chi connectivity index (χ2n) is 7.57. The lowest BCUT2D eigenvalue weighted by molar-refractivity contribution is 0.524. The zero-order chi connectivity index (χ0) is 22.0. The van der Waals surface area contributed by atoms with Gasteiger partial charge in [-0.1, -0.05) is 60.5 Å². The summed E-state index contributed by atoms with van der Waals surface area (Å²) in [5, 5.41) is 0.678. The highest BCUT2D eigenvalue weighted by molar-refractivity contribution is 7.89. The van der Waals surface area contributed by atoms with Crippen molar-refractivity contribution in [2.24, 2.45) is 0 Å². The molecule has 0 saturated heterocycles. The van der Waals surface area contributed by atoms with E-state index in [9.17, 15) is 8.42 Å². The molecule has 0 radical (unpaired) electrons. The highest BCUT2D eigenvalue weighted by Gasteiger charge is 2.25. The Morgan fingerprint density at radius 3 is 2.35 bits per heavy atom. The Labute approximate surface area is 187 Å². The number of para-hydroxylation sites is 2. The van der Waals surface area contributed by atoms with Gasteiger partial charge in [-0.15, -0.1) is 0 Å². The van der Waals surface area contributed by atoms with Gasteiger partial charge in [-0.2, -0.15) is 0 Å². The van der Waals surface area contributed by atoms with Crippen molar-refractivity contribution in [1.29, 1.82) is 0 Å². The van der Waals surface area contributed by atoms with Crippen molar-refractivity contribution in [3.05, 3.63) is 94.8 Å². The summed E-state index contributed by atoms with van der Waals surface area (Å²) in [7, 11) is -3.69. The number of aromatic nitrogens is 2. The van der Waals surface area contributed by atoms with Crippen LogP contribution in [0.1, 0.15) is 36.3 Å². The summed E-state index contributed by atoms with van der Waals surface area (Å²) >= 11 is 6.04. The Hall–Kier alpha value is -2.67. The zero-order valence-electron chi connectivity index (χ0n) is 17.4. The first-order valence-electron chi connectivity index (χ1n) is 10.2. The average Bonchev–Trinajstić information content (AvgIpc) is 3.12. The lowest BCUT2D eigenvalue weighted by atomic mass is 10.2. The van der Waals surface area contributed by atoms with Crippen molar-refractivity contribution in [3.63, 3.8) is 0 Å². The van der Waals surface area contributed by atoms with Crippen LogP contribution in [0.25, 0.3) is 11.0 Å². The number of nitrogens with zero attached hydrogens (tertiary/aromatic N) is 2. The SMILES string of the molecule is CCC(NS(=O)(=O)c1ccc(C)cc1)c1nc2ccccc2n1Cc1ccc(Cl)cc1. The minimum Gasteiger partial charge on any atom is -0.322 e. The van der Waals surface area contributed by atoms with Crippen LogP contribution in [0.4, 0.5) is 0 Å². The molecule has 0 amide bonds. The van der Waals surface area contributed by atoms with Gasteiger partial charge in [0, 0.05) is 11.6 Å². The van der Waals surface area contributed by atoms with Gasteiger partial charge in [-0.3, -0.25) is 0 Å². The van der Waals surface area contributed by atoms with Crippen LogP contribution in [0.3, 0.4) is 0 Å². The van der Waals surface area contributed by atoms with Crippen LogP contribution in [0, 0.1) is 6.92 Å². The largest absolute Gasteiger partial charge is 0.322 e. The maximum atomic E-state index is 13.0. The van der Waals surface area contributed by atoms with Crippen LogP contribution in [0.2, 0.25) is 5.02 Å². The molecule has 1 atom stereocenters. The summed E-state index contributed by atoms with van der Waals surface area (Å²) in [6.45, 7) is 4.45. The van der Waals surface area contributed by atoms with Gasteiger partial charge in [-0.05, 0) is 55.3 Å². The fourth-order valence-corrected chi connectivity index (χ4v) is 4.99. The molecule has 160 valence electrons. The van der Waals surface area contributed by atoms with Crippen LogP contribution < -0.4 is 4.72 Å². The van der Waals surface area contributed by atoms with E-state index < -0.39 is 16.1 Å². The molecular weight excluding hydrogens is 430 g/mol. The molecule has 1 unspecified atom stereocenters. The van der Waals surface area contributed by atoms with Crippen molar-refractivity contribution in [1.82, 2.24) is 14.3 Å². The minimum absolute atomic E-state index is 0.247. The van der Waals surface area contributed by atoms with E-state index in [1.165, 1.54) is 0 Å². The van der Waals surface area contributed by atoms with Crippen molar-refractivity contribution < 1.29 is 8.42 Å². The van der Waals surface area contributed by atoms with E-state index in [2.05, 4.69) is 9.29 Å². The second kappa shape index (κ2) is 8.83. The summed E-state index contributed by atoms with van der Waals surface area (Å²) in [4.78, 5) is 5.05. The van der Waals surface area contributed by atoms with Crippen LogP contribution in [0.15, 0.2) is 77.7 Å². The van der Waals surface area contributed by atoms with Gasteiger partial charge >= 0.3 is 0 Å². The Morgan fingerprint density at radius 2 is 1.68 bits per heavy atom. The number of halogens is 1. The number of nitrogens with one attached hydrogen (secondary N) is 1. The number of sulfonamides is 1. The van der Waals surface area contributed by atoms with Crippen LogP contribution >= 0.6 is 11.6 Å². The quantitative estimate of drug-likeness (QED) is 0.403. The monoisotopic (exact) mass is 453 g/mol. The summed E-state index contributed by atoms with van der Waals surface area (Å²) in [5.74, 6) is 0.689. The molecule has 0 saturated carbocycles. The molecule has 7 heteroatoms. The van der Waals surface area contributed by atoms with Gasteiger partial charge in [0.1, 0.15) is 5.82 Å². The molecule has 1 N–H and O–H groups in total. The van der Waals surface area contributed by atoms with Crippen molar-refractivity contribution in [3.8, 4) is 0 Å². The maximum absolute atomic E-state index is 13.0. The van der Waals surface area contributed by atoms with Crippen LogP contribution in [0.5, 0.6) is 0 Å². The van der Waals surface area contributed by atoms with E-state index >= 15 is 0 Å². The van der Waals surface area contributed by atoms with Gasteiger partial charge in [-0.25, -0.2) is 18.1 Å². The number of fused-ring (bicyclic) bond motifs is 1. The Bertz CT molecular complexity index is 1300. The summed E-state index contributed by atoms with van der Waals surface area (Å²) in [6, 6.07) is 21.9. The van der Waals surface area contributed by atoms with E-state index in [1.54, 1.807) is 24.3 Å². The molecule has 3 aromatic carbocycles. The molecule has 1 aromatic heterocycles. The number of hydrogen-bond donors (Lipinski definition) is 1. The molecule has 1 heterocycles. The van der Waals surface area contributed by atoms with Crippen LogP contribution in [-0.4, -0.2) is 18.0 Å². The Balaban J connectivity index is 1.74. The normalized spacial score (nSPS) is 12.9. The fraction of sp³-hybridized carbons (Fsp3) is 0.208. The molecule has 0 spiro atoms. The maximum Gasteiger partial charge on any atom is 0.241 e. The van der Waals surface area contributed by atoms with E-state index in [4.69, 9.17) is 16.6 Å². The second-order valence-corrected chi connectivity index (χ2v) is 9.72. The zero-order valence-corrected chi connectivity index (χ0v) is 19.0. The smallest absolute Gasteiger partial charge is 0.241 e. The van der Waals surface area contributed by atoms with Gasteiger partial charge < -0.3 is 4.57 Å². The van der Waals surface area contributed by atoms with E-state index in [0.717, 1.165) is 22.2 Å². The predicted octanol–water partition coefficient (Wildman–Crippen LogP) is 5.48. The third-order valence-electron chi connectivity index (χ3n) is 5.29. The molecule has 0 aliphatic carbocycles. The van der Waals surface area contributed by atoms with Crippen molar-refractivity contribution >= 4 is 32.7 Å². The lowest BCUT2D eigenvalue weighted by Gasteiger charge is -2.19. The topological polar surface area (TPSA) is 64.0 Å². The highest BCUT2D eigenvalue weighted by Crippen LogP contribution is 2.26. The Kier molecular flexibility index (Phi) is 6.14. The first-order valence-corrected chi connectivity index (χ1v) is 12.0. The first-order chi connectivity index (χ1) is 14.9. The lowest BCUT2D eigenvalue weighted by Crippen LogP contribution is -2.30. The van der Waals surface area contributed by atoms with E-state index in [0.29, 0.717) is 23.8 Å². The fourth-order valence-electron chi connectivity index (χ4n) is 3.59. The van der Waals surface area contributed by atoms with Gasteiger partial charge in [0.25, 0.3) is 0 Å². The summed E-state index contributed by atoms with van der Waals surface area (Å²) < 4.78 is 31.0. The highest BCUT2D eigenvalue weighted by atomic mass is 35.5. The number of hydrogen-bond acceptors (Lipinski definition) is 3. The van der Waals surface area contributed by atoms with Crippen molar-refractivity contribution in [2.75, 3.05) is 0 Å². The molecule has 5 nitrogen and oxygen atoms in total. The summed E-state index contributed by atoms with van der Waals surface area (Å²) in [5.41, 5.74) is 3.86. The van der Waals surface area contributed by atoms with Crippen molar-refractivity contribution in [2.45, 2.75) is 37.8 Å².